The van der Waals surface area contributed by atoms with Crippen LogP contribution in [0.5, 0.6) is 0 Å². The number of anilines is 1. The summed E-state index contributed by atoms with van der Waals surface area (Å²) in [6.45, 7) is 3.46. The van der Waals surface area contributed by atoms with Gasteiger partial charge in [0.05, 0.1) is 10.8 Å². The summed E-state index contributed by atoms with van der Waals surface area (Å²) in [5.41, 5.74) is 3.78. The second-order valence-electron chi connectivity index (χ2n) is 6.98. The Bertz CT molecular complexity index is 1250. The largest absolute Gasteiger partial charge is 0.327 e. The topological polar surface area (TPSA) is 89.8 Å². The molecular formula is C22H21N5O2S. The van der Waals surface area contributed by atoms with Crippen molar-refractivity contribution in [1.82, 2.24) is 19.7 Å². The van der Waals surface area contributed by atoms with Crippen molar-refractivity contribution in [1.29, 1.82) is 0 Å². The number of hydrogen-bond acceptors (Lipinski definition) is 6. The van der Waals surface area contributed by atoms with Gasteiger partial charge in [0.1, 0.15) is 5.52 Å². The Morgan fingerprint density at radius 1 is 1.10 bits per heavy atom. The molecule has 30 heavy (non-hydrogen) atoms. The smallest absolute Gasteiger partial charge is 0.237 e. The molecule has 0 radical (unpaired) electrons. The molecule has 0 aliphatic heterocycles. The molecule has 0 saturated heterocycles. The van der Waals surface area contributed by atoms with Crippen LogP contribution in [0, 0.1) is 0 Å². The van der Waals surface area contributed by atoms with Crippen molar-refractivity contribution in [3.63, 3.8) is 0 Å². The Morgan fingerprint density at radius 3 is 2.53 bits per heavy atom. The van der Waals surface area contributed by atoms with Crippen LogP contribution in [0.25, 0.3) is 22.1 Å². The number of Topliss-reactive ketones (excluding diaryl/α,β-unsaturated/α-hetero) is 1. The molecule has 0 unspecified atom stereocenters. The highest BCUT2D eigenvalue weighted by molar-refractivity contribution is 8.00. The number of thioether (sulfide) groups is 1. The molecule has 2 aromatic carbocycles. The molecule has 4 aromatic rings. The van der Waals surface area contributed by atoms with Gasteiger partial charge in [0, 0.05) is 23.7 Å². The molecule has 2 heterocycles. The van der Waals surface area contributed by atoms with E-state index in [1.54, 1.807) is 24.3 Å². The maximum atomic E-state index is 12.8. The molecule has 0 aliphatic rings. The predicted molar refractivity (Wildman–Crippen MR) is 119 cm³/mol. The van der Waals surface area contributed by atoms with E-state index in [2.05, 4.69) is 20.5 Å². The molecule has 0 saturated carbocycles. The minimum absolute atomic E-state index is 0.0109. The van der Waals surface area contributed by atoms with Gasteiger partial charge in [-0.3, -0.25) is 9.59 Å². The van der Waals surface area contributed by atoms with Gasteiger partial charge in [-0.1, -0.05) is 36.9 Å². The van der Waals surface area contributed by atoms with E-state index in [4.69, 9.17) is 0 Å². The Balaban J connectivity index is 1.54. The quantitative estimate of drug-likeness (QED) is 0.372. The average Bonchev–Trinajstić information content (AvgIpc) is 3.04. The van der Waals surface area contributed by atoms with E-state index in [0.29, 0.717) is 22.8 Å². The highest BCUT2D eigenvalue weighted by Gasteiger charge is 2.21. The van der Waals surface area contributed by atoms with E-state index in [0.717, 1.165) is 22.1 Å². The van der Waals surface area contributed by atoms with Crippen molar-refractivity contribution in [2.24, 2.45) is 7.05 Å². The molecule has 8 heteroatoms. The van der Waals surface area contributed by atoms with E-state index in [9.17, 15) is 9.59 Å². The number of ketones is 1. The van der Waals surface area contributed by atoms with E-state index in [-0.39, 0.29) is 16.9 Å². The summed E-state index contributed by atoms with van der Waals surface area (Å²) in [4.78, 5) is 28.8. The number of benzene rings is 2. The van der Waals surface area contributed by atoms with Crippen LogP contribution in [-0.2, 0) is 11.8 Å². The number of para-hydroxylation sites is 1. The second kappa shape index (κ2) is 8.23. The van der Waals surface area contributed by atoms with Crippen molar-refractivity contribution in [2.45, 2.75) is 30.7 Å². The SMILES string of the molecule is CC[C@@H](Sc1nnc2c3ccccc3n(C)c2n1)C(=O)Nc1ccc(C(C)=O)cc1. The minimum Gasteiger partial charge on any atom is -0.327 e. The first kappa shape index (κ1) is 20.0. The summed E-state index contributed by atoms with van der Waals surface area (Å²) in [5.74, 6) is -0.151. The Morgan fingerprint density at radius 2 is 1.83 bits per heavy atom. The first-order valence-electron chi connectivity index (χ1n) is 9.64. The van der Waals surface area contributed by atoms with Crippen LogP contribution in [0.1, 0.15) is 30.6 Å². The number of aromatic nitrogens is 4. The number of amides is 1. The lowest BCUT2D eigenvalue weighted by atomic mass is 10.1. The maximum absolute atomic E-state index is 12.8. The number of nitrogens with zero attached hydrogens (tertiary/aromatic N) is 4. The lowest BCUT2D eigenvalue weighted by molar-refractivity contribution is -0.115. The first-order chi connectivity index (χ1) is 14.5. The summed E-state index contributed by atoms with van der Waals surface area (Å²) in [6, 6.07) is 14.8. The van der Waals surface area contributed by atoms with Gasteiger partial charge in [-0.05, 0) is 43.7 Å². The van der Waals surface area contributed by atoms with E-state index >= 15 is 0 Å². The summed E-state index contributed by atoms with van der Waals surface area (Å²) in [7, 11) is 1.95. The molecule has 2 aromatic heterocycles. The van der Waals surface area contributed by atoms with Gasteiger partial charge in [-0.2, -0.15) is 0 Å². The van der Waals surface area contributed by atoms with Crippen LogP contribution in [0.3, 0.4) is 0 Å². The van der Waals surface area contributed by atoms with Gasteiger partial charge < -0.3 is 9.88 Å². The Labute approximate surface area is 177 Å². The second-order valence-corrected chi connectivity index (χ2v) is 8.15. The van der Waals surface area contributed by atoms with Crippen molar-refractivity contribution in [2.75, 3.05) is 5.32 Å². The monoisotopic (exact) mass is 419 g/mol. The molecule has 0 fully saturated rings. The number of hydrogen-bond donors (Lipinski definition) is 1. The molecule has 0 aliphatic carbocycles. The predicted octanol–water partition coefficient (Wildman–Crippen LogP) is 4.23. The maximum Gasteiger partial charge on any atom is 0.237 e. The van der Waals surface area contributed by atoms with Crippen molar-refractivity contribution >= 4 is 51.2 Å². The Kier molecular flexibility index (Phi) is 5.50. The zero-order valence-electron chi connectivity index (χ0n) is 16.9. The highest BCUT2D eigenvalue weighted by atomic mass is 32.2. The molecule has 4 rings (SSSR count). The number of carbonyl (C=O) groups is 2. The molecule has 1 amide bonds. The standard InChI is InChI=1S/C22H21N5O2S/c1-4-18(21(29)23-15-11-9-14(10-12-15)13(2)28)30-22-24-20-19(25-26-22)16-7-5-6-8-17(16)27(20)3/h5-12,18H,4H2,1-3H3,(H,23,29)/t18-/m1/s1. The summed E-state index contributed by atoms with van der Waals surface area (Å²) in [6.07, 6.45) is 0.610. The number of rotatable bonds is 6. The zero-order valence-corrected chi connectivity index (χ0v) is 17.7. The van der Waals surface area contributed by atoms with Gasteiger partial charge in [0.15, 0.2) is 11.4 Å². The van der Waals surface area contributed by atoms with Gasteiger partial charge in [-0.25, -0.2) is 4.98 Å². The third-order valence-electron chi connectivity index (χ3n) is 4.96. The lowest BCUT2D eigenvalue weighted by Gasteiger charge is -2.13. The van der Waals surface area contributed by atoms with E-state index in [1.807, 2.05) is 42.8 Å². The fraction of sp³-hybridized carbons (Fsp3) is 0.227. The normalized spacial score (nSPS) is 12.2. The van der Waals surface area contributed by atoms with Gasteiger partial charge in [-0.15, -0.1) is 10.2 Å². The van der Waals surface area contributed by atoms with Crippen LogP contribution in [0.2, 0.25) is 0 Å². The number of nitrogens with one attached hydrogen (secondary N) is 1. The third-order valence-corrected chi connectivity index (χ3v) is 6.17. The molecule has 1 N–H and O–H groups in total. The van der Waals surface area contributed by atoms with Crippen molar-refractivity contribution < 1.29 is 9.59 Å². The summed E-state index contributed by atoms with van der Waals surface area (Å²) in [5, 5.41) is 12.6. The number of carbonyl (C=O) groups excluding carboxylic acids is 2. The van der Waals surface area contributed by atoms with Crippen molar-refractivity contribution in [3.8, 4) is 0 Å². The van der Waals surface area contributed by atoms with Gasteiger partial charge in [0.2, 0.25) is 11.1 Å². The summed E-state index contributed by atoms with van der Waals surface area (Å²) < 4.78 is 1.99. The van der Waals surface area contributed by atoms with Crippen molar-refractivity contribution in [3.05, 3.63) is 54.1 Å². The fourth-order valence-electron chi connectivity index (χ4n) is 3.30. The van der Waals surface area contributed by atoms with Crippen LogP contribution >= 0.6 is 11.8 Å². The van der Waals surface area contributed by atoms with Gasteiger partial charge in [0.25, 0.3) is 0 Å². The molecule has 7 nitrogen and oxygen atoms in total. The molecule has 0 spiro atoms. The molecule has 0 bridgehead atoms. The third kappa shape index (κ3) is 3.78. The molecule has 152 valence electrons. The fourth-order valence-corrected chi connectivity index (χ4v) is 4.12. The molecular weight excluding hydrogens is 398 g/mol. The summed E-state index contributed by atoms with van der Waals surface area (Å²) >= 11 is 1.29. The number of aryl methyl sites for hydroxylation is 1. The minimum atomic E-state index is -0.369. The van der Waals surface area contributed by atoms with E-state index < -0.39 is 0 Å². The zero-order chi connectivity index (χ0) is 21.3. The van der Waals surface area contributed by atoms with Crippen LogP contribution in [0.4, 0.5) is 5.69 Å². The lowest BCUT2D eigenvalue weighted by Crippen LogP contribution is -2.25. The molecule has 1 atom stereocenters. The average molecular weight is 420 g/mol. The van der Waals surface area contributed by atoms with Crippen LogP contribution in [0.15, 0.2) is 53.7 Å². The number of fused-ring (bicyclic) bond motifs is 3. The van der Waals surface area contributed by atoms with Crippen LogP contribution in [-0.4, -0.2) is 36.7 Å². The van der Waals surface area contributed by atoms with E-state index in [1.165, 1.54) is 18.7 Å². The Hall–Kier alpha value is -3.26. The first-order valence-corrected chi connectivity index (χ1v) is 10.5. The van der Waals surface area contributed by atoms with Gasteiger partial charge >= 0.3 is 0 Å². The highest BCUT2D eigenvalue weighted by Crippen LogP contribution is 2.28. The van der Waals surface area contributed by atoms with Crippen LogP contribution < -0.4 is 5.32 Å².